The van der Waals surface area contributed by atoms with Gasteiger partial charge in [0, 0.05) is 26.2 Å². The van der Waals surface area contributed by atoms with Crippen LogP contribution in [0.25, 0.3) is 0 Å². The zero-order valence-corrected chi connectivity index (χ0v) is 15.2. The molecule has 0 saturated carbocycles. The van der Waals surface area contributed by atoms with Gasteiger partial charge in [0.1, 0.15) is 11.1 Å². The van der Waals surface area contributed by atoms with Gasteiger partial charge in [0.05, 0.1) is 5.92 Å². The summed E-state index contributed by atoms with van der Waals surface area (Å²) >= 11 is 0. The summed E-state index contributed by atoms with van der Waals surface area (Å²) in [5.41, 5.74) is -1.61. The van der Waals surface area contributed by atoms with Crippen LogP contribution in [0, 0.1) is 5.92 Å². The third-order valence-electron chi connectivity index (χ3n) is 5.09. The zero-order chi connectivity index (χ0) is 18.8. The average molecular weight is 356 g/mol. The molecule has 0 aliphatic carbocycles. The number of piperidine rings is 2. The molecule has 2 fully saturated rings. The maximum atomic E-state index is 12.2. The average Bonchev–Trinajstić information content (AvgIpc) is 2.53. The van der Waals surface area contributed by atoms with Crippen LogP contribution in [0.1, 0.15) is 46.5 Å². The molecule has 142 valence electrons. The Hall–Kier alpha value is -1.83. The van der Waals surface area contributed by atoms with Gasteiger partial charge in [-0.15, -0.1) is 0 Å². The van der Waals surface area contributed by atoms with E-state index in [1.54, 1.807) is 25.7 Å². The second kappa shape index (κ2) is 7.19. The van der Waals surface area contributed by atoms with Gasteiger partial charge in [-0.25, -0.2) is 4.79 Å². The number of aliphatic carboxylic acids is 2. The van der Waals surface area contributed by atoms with Crippen LogP contribution in [0.4, 0.5) is 4.79 Å². The van der Waals surface area contributed by atoms with E-state index in [0.717, 1.165) is 0 Å². The first kappa shape index (κ1) is 19.5. The molecule has 0 unspecified atom stereocenters. The molecule has 2 N–H and O–H groups in total. The van der Waals surface area contributed by atoms with Gasteiger partial charge in [-0.3, -0.25) is 14.5 Å². The number of carbonyl (C=O) groups is 3. The van der Waals surface area contributed by atoms with E-state index in [1.165, 1.54) is 0 Å². The smallest absolute Gasteiger partial charge is 0.410 e. The topological polar surface area (TPSA) is 107 Å². The first-order valence-corrected chi connectivity index (χ1v) is 8.74. The van der Waals surface area contributed by atoms with Crippen LogP contribution in [0.15, 0.2) is 0 Å². The number of amides is 1. The lowest BCUT2D eigenvalue weighted by atomic mass is 9.83. The van der Waals surface area contributed by atoms with E-state index in [9.17, 15) is 19.5 Å². The molecule has 0 aromatic heterocycles. The van der Waals surface area contributed by atoms with Crippen molar-refractivity contribution in [2.45, 2.75) is 57.6 Å². The van der Waals surface area contributed by atoms with Crippen molar-refractivity contribution in [3.05, 3.63) is 0 Å². The molecule has 8 heteroatoms. The minimum absolute atomic E-state index is 0.319. The van der Waals surface area contributed by atoms with Crippen molar-refractivity contribution < 1.29 is 29.3 Å². The predicted octanol–water partition coefficient (Wildman–Crippen LogP) is 1.64. The van der Waals surface area contributed by atoms with Crippen molar-refractivity contribution in [1.82, 2.24) is 9.80 Å². The highest BCUT2D eigenvalue weighted by atomic mass is 16.6. The molecule has 0 bridgehead atoms. The van der Waals surface area contributed by atoms with Crippen molar-refractivity contribution in [1.29, 1.82) is 0 Å². The molecule has 2 aliphatic rings. The van der Waals surface area contributed by atoms with Crippen LogP contribution >= 0.6 is 0 Å². The molecular weight excluding hydrogens is 328 g/mol. The number of hydrogen-bond donors (Lipinski definition) is 2. The Bertz CT molecular complexity index is 526. The third-order valence-corrected chi connectivity index (χ3v) is 5.09. The number of nitrogens with zero attached hydrogens (tertiary/aromatic N) is 2. The molecule has 0 radical (unpaired) electrons. The summed E-state index contributed by atoms with van der Waals surface area (Å²) in [5.74, 6) is -2.11. The highest BCUT2D eigenvalue weighted by Gasteiger charge is 2.48. The molecule has 0 aromatic carbocycles. The number of rotatable bonds is 3. The van der Waals surface area contributed by atoms with Crippen molar-refractivity contribution >= 4 is 18.0 Å². The Morgan fingerprint density at radius 1 is 1.00 bits per heavy atom. The van der Waals surface area contributed by atoms with Gasteiger partial charge in [-0.2, -0.15) is 0 Å². The number of hydrogen-bond acceptors (Lipinski definition) is 5. The molecule has 25 heavy (non-hydrogen) atoms. The van der Waals surface area contributed by atoms with Crippen LogP contribution in [0.5, 0.6) is 0 Å². The van der Waals surface area contributed by atoms with Gasteiger partial charge in [0.15, 0.2) is 0 Å². The highest BCUT2D eigenvalue weighted by Crippen LogP contribution is 2.33. The minimum Gasteiger partial charge on any atom is -0.481 e. The summed E-state index contributed by atoms with van der Waals surface area (Å²) in [6, 6.07) is 0. The first-order chi connectivity index (χ1) is 11.5. The second-order valence-corrected chi connectivity index (χ2v) is 7.90. The summed E-state index contributed by atoms with van der Waals surface area (Å²) in [6.45, 7) is 6.93. The lowest BCUT2D eigenvalue weighted by molar-refractivity contribution is -0.158. The fourth-order valence-corrected chi connectivity index (χ4v) is 3.61. The molecular formula is C17H28N2O6. The van der Waals surface area contributed by atoms with Crippen LogP contribution < -0.4 is 0 Å². The van der Waals surface area contributed by atoms with Gasteiger partial charge in [0.25, 0.3) is 0 Å². The minimum atomic E-state index is -1.03. The molecule has 0 spiro atoms. The highest BCUT2D eigenvalue weighted by molar-refractivity contribution is 5.80. The molecule has 2 heterocycles. The number of likely N-dealkylation sites (tertiary alicyclic amines) is 2. The quantitative estimate of drug-likeness (QED) is 0.791. The van der Waals surface area contributed by atoms with Gasteiger partial charge < -0.3 is 19.8 Å². The summed E-state index contributed by atoms with van der Waals surface area (Å²) in [6.07, 6.45) is 1.13. The SMILES string of the molecule is CC(C)(C)OC(=O)N1CCC(C(=O)O)(N2CCC(C(=O)O)CC2)CC1. The Morgan fingerprint density at radius 2 is 1.52 bits per heavy atom. The molecule has 2 aliphatic heterocycles. The molecule has 2 rings (SSSR count). The Labute approximate surface area is 147 Å². The number of carboxylic acid groups (broad SMARTS) is 2. The first-order valence-electron chi connectivity index (χ1n) is 8.74. The van der Waals surface area contributed by atoms with Crippen LogP contribution in [-0.4, -0.2) is 75.4 Å². The van der Waals surface area contributed by atoms with E-state index >= 15 is 0 Å². The standard InChI is InChI=1S/C17H28N2O6/c1-16(2,3)25-15(24)18-10-6-17(7-11-18,14(22)23)19-8-4-12(5-9-19)13(20)21/h12H,4-11H2,1-3H3,(H,20,21)(H,22,23). The second-order valence-electron chi connectivity index (χ2n) is 7.90. The lowest BCUT2D eigenvalue weighted by Crippen LogP contribution is -2.62. The lowest BCUT2D eigenvalue weighted by Gasteiger charge is -2.47. The van der Waals surface area contributed by atoms with E-state index < -0.39 is 35.1 Å². The van der Waals surface area contributed by atoms with Crippen LogP contribution in [0.2, 0.25) is 0 Å². The van der Waals surface area contributed by atoms with Crippen LogP contribution in [-0.2, 0) is 14.3 Å². The molecule has 0 aromatic rings. The van der Waals surface area contributed by atoms with Crippen molar-refractivity contribution in [3.63, 3.8) is 0 Å². The fourth-order valence-electron chi connectivity index (χ4n) is 3.61. The Balaban J connectivity index is 2.00. The summed E-state index contributed by atoms with van der Waals surface area (Å²) in [5, 5.41) is 18.9. The Morgan fingerprint density at radius 3 is 1.92 bits per heavy atom. The van der Waals surface area contributed by atoms with Gasteiger partial charge in [-0.1, -0.05) is 0 Å². The van der Waals surface area contributed by atoms with E-state index in [-0.39, 0.29) is 0 Å². The maximum Gasteiger partial charge on any atom is 0.410 e. The van der Waals surface area contributed by atoms with E-state index in [4.69, 9.17) is 9.84 Å². The van der Waals surface area contributed by atoms with Gasteiger partial charge in [0.2, 0.25) is 0 Å². The Kier molecular flexibility index (Phi) is 5.61. The van der Waals surface area contributed by atoms with Gasteiger partial charge in [-0.05, 0) is 46.5 Å². The van der Waals surface area contributed by atoms with Crippen molar-refractivity contribution in [2.24, 2.45) is 5.92 Å². The molecule has 8 nitrogen and oxygen atoms in total. The monoisotopic (exact) mass is 356 g/mol. The fraction of sp³-hybridized carbons (Fsp3) is 0.824. The number of carbonyl (C=O) groups excluding carboxylic acids is 1. The summed E-state index contributed by atoms with van der Waals surface area (Å²) in [4.78, 5) is 38.7. The number of carboxylic acids is 2. The number of ether oxygens (including phenoxy) is 1. The zero-order valence-electron chi connectivity index (χ0n) is 15.2. The van der Waals surface area contributed by atoms with E-state index in [0.29, 0.717) is 51.9 Å². The molecule has 1 amide bonds. The predicted molar refractivity (Wildman–Crippen MR) is 89.3 cm³/mol. The van der Waals surface area contributed by atoms with E-state index in [1.807, 2.05) is 4.90 Å². The van der Waals surface area contributed by atoms with E-state index in [2.05, 4.69) is 0 Å². The normalized spacial score (nSPS) is 22.4. The maximum absolute atomic E-state index is 12.2. The van der Waals surface area contributed by atoms with Crippen LogP contribution in [0.3, 0.4) is 0 Å². The largest absolute Gasteiger partial charge is 0.481 e. The molecule has 2 saturated heterocycles. The molecule has 0 atom stereocenters. The summed E-state index contributed by atoms with van der Waals surface area (Å²) in [7, 11) is 0. The van der Waals surface area contributed by atoms with Gasteiger partial charge >= 0.3 is 18.0 Å². The third kappa shape index (κ3) is 4.42. The van der Waals surface area contributed by atoms with Crippen molar-refractivity contribution in [2.75, 3.05) is 26.2 Å². The van der Waals surface area contributed by atoms with Crippen molar-refractivity contribution in [3.8, 4) is 0 Å². The summed E-state index contributed by atoms with van der Waals surface area (Å²) < 4.78 is 5.35.